The molecule has 0 aliphatic carbocycles. The average molecular weight is 549 g/mol. The molecule has 0 saturated carbocycles. The number of imide groups is 1. The van der Waals surface area contributed by atoms with Gasteiger partial charge in [0.15, 0.2) is 0 Å². The predicted molar refractivity (Wildman–Crippen MR) is 140 cm³/mol. The average Bonchev–Trinajstić information content (AvgIpc) is 3.25. The van der Waals surface area contributed by atoms with Crippen molar-refractivity contribution in [3.63, 3.8) is 0 Å². The highest BCUT2D eigenvalue weighted by atomic mass is 32.2. The number of rotatable bonds is 6. The highest BCUT2D eigenvalue weighted by Gasteiger charge is 2.31. The molecular weight excluding hydrogens is 516 g/mol. The van der Waals surface area contributed by atoms with Gasteiger partial charge in [-0.3, -0.25) is 19.8 Å². The van der Waals surface area contributed by atoms with E-state index in [0.29, 0.717) is 37.0 Å². The molecule has 0 radical (unpaired) electrons. The van der Waals surface area contributed by atoms with E-state index in [1.807, 2.05) is 6.92 Å². The molecule has 2 aliphatic heterocycles. The number of anilines is 1. The molecule has 1 unspecified atom stereocenters. The van der Waals surface area contributed by atoms with E-state index < -0.39 is 27.9 Å². The first kappa shape index (κ1) is 27.2. The highest BCUT2D eigenvalue weighted by Crippen LogP contribution is 2.37. The Bertz CT molecular complexity index is 1290. The molecule has 37 heavy (non-hydrogen) atoms. The van der Waals surface area contributed by atoms with Crippen LogP contribution in [-0.4, -0.2) is 68.8 Å². The van der Waals surface area contributed by atoms with Crippen LogP contribution >= 0.6 is 11.3 Å². The largest absolute Gasteiger partial charge is 0.453 e. The number of nitrogens with zero attached hydrogens (tertiary/aromatic N) is 2. The number of piperidine rings is 1. The van der Waals surface area contributed by atoms with Gasteiger partial charge in [-0.1, -0.05) is 13.8 Å². The van der Waals surface area contributed by atoms with Crippen LogP contribution in [0.3, 0.4) is 0 Å². The molecule has 200 valence electrons. The third-order valence-corrected chi connectivity index (χ3v) is 9.82. The molecule has 4 rings (SSSR count). The number of alkyl carbamates (subject to hydrolysis) is 1. The van der Waals surface area contributed by atoms with Gasteiger partial charge in [0.25, 0.3) is 11.8 Å². The minimum atomic E-state index is -3.64. The summed E-state index contributed by atoms with van der Waals surface area (Å²) < 4.78 is 32.1. The molecule has 3 heterocycles. The smallest absolute Gasteiger partial charge is 0.413 e. The minimum absolute atomic E-state index is 0.141. The molecule has 2 N–H and O–H groups in total. The molecule has 12 heteroatoms. The van der Waals surface area contributed by atoms with Crippen molar-refractivity contribution in [1.82, 2.24) is 14.5 Å². The first-order chi connectivity index (χ1) is 17.6. The van der Waals surface area contributed by atoms with Crippen molar-refractivity contribution in [2.24, 2.45) is 5.92 Å². The number of benzene rings is 1. The van der Waals surface area contributed by atoms with Gasteiger partial charge in [-0.25, -0.2) is 13.2 Å². The highest BCUT2D eigenvalue weighted by molar-refractivity contribution is 7.89. The number of methoxy groups -OCH3 is 1. The summed E-state index contributed by atoms with van der Waals surface area (Å²) in [5.74, 6) is -0.810. The van der Waals surface area contributed by atoms with Crippen LogP contribution in [0.25, 0.3) is 0 Å². The van der Waals surface area contributed by atoms with E-state index in [-0.39, 0.29) is 16.0 Å². The minimum Gasteiger partial charge on any atom is -0.453 e. The maximum atomic E-state index is 13.1. The van der Waals surface area contributed by atoms with Crippen LogP contribution in [0.4, 0.5) is 9.80 Å². The topological polar surface area (TPSA) is 125 Å². The number of hydrogen-bond donors (Lipinski definition) is 2. The van der Waals surface area contributed by atoms with Gasteiger partial charge in [0.1, 0.15) is 5.00 Å². The lowest BCUT2D eigenvalue weighted by molar-refractivity contribution is 0.0936. The zero-order chi connectivity index (χ0) is 26.7. The summed E-state index contributed by atoms with van der Waals surface area (Å²) in [7, 11) is -2.47. The predicted octanol–water partition coefficient (Wildman–Crippen LogP) is 3.30. The zero-order valence-corrected chi connectivity index (χ0v) is 22.8. The van der Waals surface area contributed by atoms with Gasteiger partial charge in [-0.05, 0) is 61.6 Å². The number of ether oxygens (including phenoxy) is 1. The first-order valence-corrected chi connectivity index (χ1v) is 14.6. The number of amides is 3. The Labute approximate surface area is 221 Å². The second-order valence-corrected chi connectivity index (χ2v) is 12.4. The number of thiophene rings is 1. The van der Waals surface area contributed by atoms with Crippen LogP contribution in [0.2, 0.25) is 0 Å². The van der Waals surface area contributed by atoms with Crippen LogP contribution in [0.15, 0.2) is 29.2 Å². The number of nitrogens with one attached hydrogen (secondary N) is 2. The van der Waals surface area contributed by atoms with E-state index in [1.165, 1.54) is 47.0 Å². The van der Waals surface area contributed by atoms with Crippen LogP contribution in [0.1, 0.15) is 57.8 Å². The van der Waals surface area contributed by atoms with Crippen LogP contribution in [0.5, 0.6) is 0 Å². The van der Waals surface area contributed by atoms with Gasteiger partial charge in [0.2, 0.25) is 10.0 Å². The van der Waals surface area contributed by atoms with Crippen molar-refractivity contribution in [1.29, 1.82) is 0 Å². The maximum absolute atomic E-state index is 13.1. The molecule has 2 aliphatic rings. The van der Waals surface area contributed by atoms with Crippen LogP contribution < -0.4 is 10.6 Å². The Morgan fingerprint density at radius 2 is 1.86 bits per heavy atom. The summed E-state index contributed by atoms with van der Waals surface area (Å²) in [4.78, 5) is 41.0. The summed E-state index contributed by atoms with van der Waals surface area (Å²) in [5, 5.41) is 5.34. The maximum Gasteiger partial charge on any atom is 0.413 e. The van der Waals surface area contributed by atoms with Gasteiger partial charge in [0, 0.05) is 36.6 Å². The monoisotopic (exact) mass is 548 g/mol. The number of fused-ring (bicyclic) bond motifs is 1. The number of likely N-dealkylation sites (N-methyl/N-ethyl adjacent to an activating group) is 1. The molecule has 1 aromatic carbocycles. The Balaban J connectivity index is 1.56. The van der Waals surface area contributed by atoms with Gasteiger partial charge >= 0.3 is 6.09 Å². The zero-order valence-electron chi connectivity index (χ0n) is 21.2. The van der Waals surface area contributed by atoms with Gasteiger partial charge < -0.3 is 10.1 Å². The number of carbonyl (C=O) groups excluding carboxylic acids is 3. The number of sulfonamides is 1. The van der Waals surface area contributed by atoms with Crippen molar-refractivity contribution in [2.75, 3.05) is 38.6 Å². The van der Waals surface area contributed by atoms with E-state index in [4.69, 9.17) is 0 Å². The fraction of sp³-hybridized carbons (Fsp3) is 0.480. The molecule has 1 fully saturated rings. The van der Waals surface area contributed by atoms with Gasteiger partial charge in [-0.2, -0.15) is 4.31 Å². The van der Waals surface area contributed by atoms with Crippen LogP contribution in [0, 0.1) is 5.92 Å². The Morgan fingerprint density at radius 1 is 1.14 bits per heavy atom. The Kier molecular flexibility index (Phi) is 8.32. The second kappa shape index (κ2) is 11.3. The molecule has 3 amide bonds. The second-order valence-electron chi connectivity index (χ2n) is 9.36. The summed E-state index contributed by atoms with van der Waals surface area (Å²) in [6.45, 7) is 7.33. The van der Waals surface area contributed by atoms with Crippen molar-refractivity contribution in [2.45, 2.75) is 44.6 Å². The molecule has 10 nitrogen and oxygen atoms in total. The van der Waals surface area contributed by atoms with Crippen molar-refractivity contribution < 1.29 is 27.5 Å². The third kappa shape index (κ3) is 5.87. The summed E-state index contributed by atoms with van der Waals surface area (Å²) in [6, 6.07) is 5.81. The van der Waals surface area contributed by atoms with E-state index in [0.717, 1.165) is 36.4 Å². The molecular formula is C25H32N4O6S2. The van der Waals surface area contributed by atoms with Gasteiger partial charge in [0.05, 0.1) is 17.6 Å². The molecule has 0 bridgehead atoms. The SMILES string of the molecule is CCN1CCc2c(sc(NC(=O)c3ccc(S(=O)(=O)N4CCCC(C)C4)cc3)c2C(=O)NC(=O)OC)C1. The van der Waals surface area contributed by atoms with Crippen molar-refractivity contribution in [3.8, 4) is 0 Å². The number of carbonyl (C=O) groups is 3. The lowest BCUT2D eigenvalue weighted by Crippen LogP contribution is -2.39. The molecule has 1 aromatic heterocycles. The molecule has 2 aromatic rings. The van der Waals surface area contributed by atoms with Crippen LogP contribution in [-0.2, 0) is 27.7 Å². The van der Waals surface area contributed by atoms with Crippen molar-refractivity contribution in [3.05, 3.63) is 45.8 Å². The molecule has 1 saturated heterocycles. The Morgan fingerprint density at radius 3 is 2.51 bits per heavy atom. The standard InChI is InChI=1S/C25H32N4O6S2/c1-4-28-13-11-19-20(15-28)36-24(21(19)23(31)27-25(32)35-3)26-22(30)17-7-9-18(10-8-17)37(33,34)29-12-5-6-16(2)14-29/h7-10,16H,4-6,11-15H2,1-3H3,(H,26,30)(H,27,31,32). The summed E-state index contributed by atoms with van der Waals surface area (Å²) in [5.41, 5.74) is 1.32. The summed E-state index contributed by atoms with van der Waals surface area (Å²) >= 11 is 1.30. The van der Waals surface area contributed by atoms with Gasteiger partial charge in [-0.15, -0.1) is 11.3 Å². The van der Waals surface area contributed by atoms with E-state index >= 15 is 0 Å². The fourth-order valence-corrected chi connectivity index (χ4v) is 7.61. The Hall–Kier alpha value is -2.80. The number of hydrogen-bond acceptors (Lipinski definition) is 8. The lowest BCUT2D eigenvalue weighted by atomic mass is 10.0. The first-order valence-electron chi connectivity index (χ1n) is 12.3. The third-order valence-electron chi connectivity index (χ3n) is 6.81. The molecule has 1 atom stereocenters. The quantitative estimate of drug-likeness (QED) is 0.567. The van der Waals surface area contributed by atoms with E-state index in [9.17, 15) is 22.8 Å². The lowest BCUT2D eigenvalue weighted by Gasteiger charge is -2.30. The molecule has 0 spiro atoms. The fourth-order valence-electron chi connectivity index (χ4n) is 4.73. The van der Waals surface area contributed by atoms with E-state index in [2.05, 4.69) is 27.2 Å². The van der Waals surface area contributed by atoms with E-state index in [1.54, 1.807) is 0 Å². The normalized spacial score (nSPS) is 18.6. The van der Waals surface area contributed by atoms with Crippen molar-refractivity contribution >= 4 is 44.3 Å². The summed E-state index contributed by atoms with van der Waals surface area (Å²) in [6.07, 6.45) is 1.57.